The zero-order chi connectivity index (χ0) is 15.0. The number of hydrogen-bond acceptors (Lipinski definition) is 4. The molecular formula is C13H19FN2O3S. The second-order valence-electron chi connectivity index (χ2n) is 5.40. The maximum absolute atomic E-state index is 13.7. The van der Waals surface area contributed by atoms with Gasteiger partial charge in [0.15, 0.2) is 11.6 Å². The van der Waals surface area contributed by atoms with Crippen molar-refractivity contribution in [3.63, 3.8) is 0 Å². The third-order valence-electron chi connectivity index (χ3n) is 3.78. The summed E-state index contributed by atoms with van der Waals surface area (Å²) in [5.41, 5.74) is 5.47. The third kappa shape index (κ3) is 2.65. The van der Waals surface area contributed by atoms with E-state index < -0.39 is 15.8 Å². The van der Waals surface area contributed by atoms with Gasteiger partial charge in [0, 0.05) is 13.1 Å². The van der Waals surface area contributed by atoms with Crippen molar-refractivity contribution in [2.45, 2.75) is 18.2 Å². The van der Waals surface area contributed by atoms with Crippen LogP contribution >= 0.6 is 0 Å². The molecule has 0 bridgehead atoms. The first-order chi connectivity index (χ1) is 9.32. The molecule has 1 heterocycles. The van der Waals surface area contributed by atoms with Crippen molar-refractivity contribution < 1.29 is 17.5 Å². The fourth-order valence-corrected chi connectivity index (χ4v) is 3.91. The topological polar surface area (TPSA) is 72.6 Å². The minimum absolute atomic E-state index is 0.0252. The van der Waals surface area contributed by atoms with Crippen molar-refractivity contribution in [3.8, 4) is 5.75 Å². The highest BCUT2D eigenvalue weighted by atomic mass is 32.2. The Morgan fingerprint density at radius 1 is 1.50 bits per heavy atom. The minimum atomic E-state index is -3.69. The fraction of sp³-hybridized carbons (Fsp3) is 0.538. The highest BCUT2D eigenvalue weighted by Crippen LogP contribution is 2.33. The van der Waals surface area contributed by atoms with Crippen molar-refractivity contribution in [2.24, 2.45) is 11.1 Å². The van der Waals surface area contributed by atoms with Gasteiger partial charge in [0.05, 0.1) is 12.0 Å². The van der Waals surface area contributed by atoms with Crippen LogP contribution in [0.15, 0.2) is 23.1 Å². The van der Waals surface area contributed by atoms with Crippen LogP contribution in [-0.4, -0.2) is 39.5 Å². The lowest BCUT2D eigenvalue weighted by molar-refractivity contribution is 0.349. The van der Waals surface area contributed by atoms with E-state index in [2.05, 4.69) is 0 Å². The first kappa shape index (κ1) is 15.2. The Hall–Kier alpha value is -1.18. The summed E-state index contributed by atoms with van der Waals surface area (Å²) in [5.74, 6) is -0.661. The van der Waals surface area contributed by atoms with Crippen LogP contribution in [0.3, 0.4) is 0 Å². The Morgan fingerprint density at radius 3 is 2.70 bits per heavy atom. The largest absolute Gasteiger partial charge is 0.494 e. The lowest BCUT2D eigenvalue weighted by Crippen LogP contribution is -2.34. The van der Waals surface area contributed by atoms with Gasteiger partial charge in [0.25, 0.3) is 0 Å². The summed E-state index contributed by atoms with van der Waals surface area (Å²) in [7, 11) is -2.35. The molecule has 1 saturated heterocycles. The number of sulfonamides is 1. The van der Waals surface area contributed by atoms with Crippen LogP contribution in [0.2, 0.25) is 0 Å². The molecule has 2 rings (SSSR count). The molecule has 1 aromatic carbocycles. The average Bonchev–Trinajstić information content (AvgIpc) is 2.83. The van der Waals surface area contributed by atoms with E-state index in [1.165, 1.54) is 23.5 Å². The molecule has 0 radical (unpaired) electrons. The molecule has 1 aliphatic rings. The lowest BCUT2D eigenvalue weighted by Gasteiger charge is -2.22. The summed E-state index contributed by atoms with van der Waals surface area (Å²) in [6.07, 6.45) is 0.710. The molecule has 112 valence electrons. The standard InChI is InChI=1S/C13H19FN2O3S/c1-13(8-15)5-6-16(9-13)20(17,18)10-3-4-12(19-2)11(14)7-10/h3-4,7H,5-6,8-9,15H2,1-2H3. The number of nitrogens with two attached hydrogens (primary N) is 1. The molecule has 1 aromatic rings. The van der Waals surface area contributed by atoms with Gasteiger partial charge in [-0.25, -0.2) is 12.8 Å². The van der Waals surface area contributed by atoms with E-state index in [0.29, 0.717) is 26.1 Å². The number of rotatable bonds is 4. The van der Waals surface area contributed by atoms with Gasteiger partial charge < -0.3 is 10.5 Å². The summed E-state index contributed by atoms with van der Waals surface area (Å²) in [5, 5.41) is 0. The van der Waals surface area contributed by atoms with Crippen LogP contribution in [-0.2, 0) is 10.0 Å². The van der Waals surface area contributed by atoms with Crippen LogP contribution in [0.4, 0.5) is 4.39 Å². The van der Waals surface area contributed by atoms with Gasteiger partial charge in [0.1, 0.15) is 0 Å². The Labute approximate surface area is 118 Å². The van der Waals surface area contributed by atoms with E-state index in [1.807, 2.05) is 6.92 Å². The van der Waals surface area contributed by atoms with Crippen LogP contribution in [0.25, 0.3) is 0 Å². The molecular weight excluding hydrogens is 283 g/mol. The van der Waals surface area contributed by atoms with Crippen molar-refractivity contribution in [2.75, 3.05) is 26.7 Å². The monoisotopic (exact) mass is 302 g/mol. The van der Waals surface area contributed by atoms with Crippen LogP contribution in [0.5, 0.6) is 5.75 Å². The van der Waals surface area contributed by atoms with Gasteiger partial charge in [-0.1, -0.05) is 6.92 Å². The lowest BCUT2D eigenvalue weighted by atomic mass is 9.90. The quantitative estimate of drug-likeness (QED) is 0.907. The van der Waals surface area contributed by atoms with E-state index in [-0.39, 0.29) is 16.1 Å². The average molecular weight is 302 g/mol. The van der Waals surface area contributed by atoms with Crippen LogP contribution < -0.4 is 10.5 Å². The first-order valence-electron chi connectivity index (χ1n) is 6.36. The molecule has 0 aliphatic carbocycles. The Morgan fingerprint density at radius 2 is 2.20 bits per heavy atom. The second kappa shape index (κ2) is 5.31. The molecule has 0 saturated carbocycles. The van der Waals surface area contributed by atoms with Gasteiger partial charge >= 0.3 is 0 Å². The van der Waals surface area contributed by atoms with Gasteiger partial charge in [0.2, 0.25) is 10.0 Å². The fourth-order valence-electron chi connectivity index (χ4n) is 2.31. The van der Waals surface area contributed by atoms with Gasteiger partial charge in [-0.2, -0.15) is 4.31 Å². The molecule has 1 aliphatic heterocycles. The summed E-state index contributed by atoms with van der Waals surface area (Å²) >= 11 is 0. The van der Waals surface area contributed by atoms with E-state index in [9.17, 15) is 12.8 Å². The van der Waals surface area contributed by atoms with E-state index in [1.54, 1.807) is 0 Å². The first-order valence-corrected chi connectivity index (χ1v) is 7.80. The molecule has 20 heavy (non-hydrogen) atoms. The molecule has 5 nitrogen and oxygen atoms in total. The van der Waals surface area contributed by atoms with Crippen LogP contribution in [0.1, 0.15) is 13.3 Å². The van der Waals surface area contributed by atoms with E-state index in [4.69, 9.17) is 10.5 Å². The van der Waals surface area contributed by atoms with Crippen molar-refractivity contribution in [1.82, 2.24) is 4.31 Å². The Kier molecular flexibility index (Phi) is 4.04. The summed E-state index contributed by atoms with van der Waals surface area (Å²) in [6.45, 7) is 3.15. The predicted octanol–water partition coefficient (Wildman–Crippen LogP) is 1.19. The van der Waals surface area contributed by atoms with Gasteiger partial charge in [-0.05, 0) is 36.6 Å². The van der Waals surface area contributed by atoms with Gasteiger partial charge in [-0.3, -0.25) is 0 Å². The van der Waals surface area contributed by atoms with E-state index in [0.717, 1.165) is 6.07 Å². The number of ether oxygens (including phenoxy) is 1. The minimum Gasteiger partial charge on any atom is -0.494 e. The highest BCUT2D eigenvalue weighted by molar-refractivity contribution is 7.89. The number of nitrogens with zero attached hydrogens (tertiary/aromatic N) is 1. The Bertz CT molecular complexity index is 606. The zero-order valence-electron chi connectivity index (χ0n) is 11.6. The van der Waals surface area contributed by atoms with Crippen LogP contribution in [0, 0.1) is 11.2 Å². The molecule has 1 unspecified atom stereocenters. The smallest absolute Gasteiger partial charge is 0.243 e. The van der Waals surface area contributed by atoms with Crippen molar-refractivity contribution in [3.05, 3.63) is 24.0 Å². The third-order valence-corrected chi connectivity index (χ3v) is 5.62. The summed E-state index contributed by atoms with van der Waals surface area (Å²) in [4.78, 5) is -0.0583. The number of halogens is 1. The predicted molar refractivity (Wildman–Crippen MR) is 73.5 cm³/mol. The number of methoxy groups -OCH3 is 1. The molecule has 2 N–H and O–H groups in total. The highest BCUT2D eigenvalue weighted by Gasteiger charge is 2.39. The number of benzene rings is 1. The molecule has 0 amide bonds. The zero-order valence-corrected chi connectivity index (χ0v) is 12.4. The summed E-state index contributed by atoms with van der Waals surface area (Å²) < 4.78 is 44.7. The maximum atomic E-state index is 13.7. The molecule has 7 heteroatoms. The molecule has 0 spiro atoms. The molecule has 1 fully saturated rings. The summed E-state index contributed by atoms with van der Waals surface area (Å²) in [6, 6.07) is 3.67. The molecule has 0 aromatic heterocycles. The maximum Gasteiger partial charge on any atom is 0.243 e. The van der Waals surface area contributed by atoms with Crippen molar-refractivity contribution >= 4 is 10.0 Å². The normalized spacial score (nSPS) is 24.0. The van der Waals surface area contributed by atoms with E-state index >= 15 is 0 Å². The Balaban J connectivity index is 2.30. The van der Waals surface area contributed by atoms with Gasteiger partial charge in [-0.15, -0.1) is 0 Å². The van der Waals surface area contributed by atoms with Crippen molar-refractivity contribution in [1.29, 1.82) is 0 Å². The number of hydrogen-bond donors (Lipinski definition) is 1. The molecule has 1 atom stereocenters. The SMILES string of the molecule is COc1ccc(S(=O)(=O)N2CCC(C)(CN)C2)cc1F. The second-order valence-corrected chi connectivity index (χ2v) is 7.34.